The first-order valence-electron chi connectivity index (χ1n) is 6.86. The maximum absolute atomic E-state index is 4.41. The normalized spacial score (nSPS) is 11.9. The fourth-order valence-corrected chi connectivity index (χ4v) is 3.72. The summed E-state index contributed by atoms with van der Waals surface area (Å²) in [5.74, 6) is 0. The maximum Gasteiger partial charge on any atom is 0.112 e. The van der Waals surface area contributed by atoms with Gasteiger partial charge in [0.05, 0.1) is 23.5 Å². The van der Waals surface area contributed by atoms with Crippen LogP contribution in [-0.4, -0.2) is 17.5 Å². The molecule has 0 saturated carbocycles. The van der Waals surface area contributed by atoms with Gasteiger partial charge in [0.2, 0.25) is 0 Å². The molecule has 4 aromatic rings. The first-order valence-corrected chi connectivity index (χ1v) is 8.32. The molecule has 0 bridgehead atoms. The van der Waals surface area contributed by atoms with E-state index < -0.39 is 0 Å². The van der Waals surface area contributed by atoms with E-state index in [1.165, 1.54) is 23.5 Å². The summed E-state index contributed by atoms with van der Waals surface area (Å²) in [5.41, 5.74) is 8.34. The van der Waals surface area contributed by atoms with Crippen LogP contribution in [0, 0.1) is 13.8 Å². The Hall–Kier alpha value is -2.18. The summed E-state index contributed by atoms with van der Waals surface area (Å²) in [6.07, 6.45) is 4.15. The summed E-state index contributed by atoms with van der Waals surface area (Å²) in [5, 5.41) is 0. The lowest BCUT2D eigenvalue weighted by molar-refractivity contribution is 1.47. The molecule has 0 saturated heterocycles. The van der Waals surface area contributed by atoms with Crippen LogP contribution < -0.4 is 0 Å². The molecule has 0 N–H and O–H groups in total. The van der Waals surface area contributed by atoms with Gasteiger partial charge in [-0.15, -0.1) is 0 Å². The molecule has 4 rings (SSSR count). The number of aromatic nitrogens is 4. The van der Waals surface area contributed by atoms with E-state index in [-0.39, 0.29) is 0 Å². The molecule has 22 heavy (non-hydrogen) atoms. The average Bonchev–Trinajstić information content (AvgIpc) is 3.18. The molecule has 0 aliphatic rings. The number of fused-ring (bicyclic) bond motifs is 2. The van der Waals surface area contributed by atoms with Gasteiger partial charge < -0.3 is 0 Å². The van der Waals surface area contributed by atoms with Gasteiger partial charge in [-0.25, -0.2) is 0 Å². The number of rotatable bonds is 2. The van der Waals surface area contributed by atoms with Crippen molar-refractivity contribution < 1.29 is 0 Å². The molecule has 0 atom stereocenters. The highest BCUT2D eigenvalue weighted by Gasteiger charge is 2.08. The molecule has 2 aromatic heterocycles. The lowest BCUT2D eigenvalue weighted by atomic mass is 10.1. The Bertz CT molecular complexity index is 932. The molecule has 0 amide bonds. The van der Waals surface area contributed by atoms with Crippen LogP contribution in [0.3, 0.4) is 0 Å². The van der Waals surface area contributed by atoms with E-state index in [0.29, 0.717) is 0 Å². The molecular weight excluding hydrogens is 312 g/mol. The van der Waals surface area contributed by atoms with Crippen LogP contribution in [0.25, 0.3) is 34.2 Å². The van der Waals surface area contributed by atoms with Crippen molar-refractivity contribution in [1.82, 2.24) is 17.5 Å². The van der Waals surface area contributed by atoms with Crippen LogP contribution in [0.1, 0.15) is 22.3 Å². The van der Waals surface area contributed by atoms with E-state index in [0.717, 1.165) is 44.3 Å². The van der Waals surface area contributed by atoms with Gasteiger partial charge >= 0.3 is 0 Å². The second-order valence-corrected chi connectivity index (χ2v) is 6.26. The Morgan fingerprint density at radius 3 is 1.50 bits per heavy atom. The molecule has 0 fully saturated rings. The van der Waals surface area contributed by atoms with Crippen LogP contribution in [0.15, 0.2) is 24.3 Å². The zero-order chi connectivity index (χ0) is 15.1. The lowest BCUT2D eigenvalue weighted by Gasteiger charge is -2.00. The van der Waals surface area contributed by atoms with Crippen LogP contribution in [0.2, 0.25) is 0 Å². The topological polar surface area (TPSA) is 51.6 Å². The Labute approximate surface area is 135 Å². The average molecular weight is 324 g/mol. The van der Waals surface area contributed by atoms with Crippen LogP contribution in [0.5, 0.6) is 0 Å². The van der Waals surface area contributed by atoms with E-state index in [1.54, 1.807) is 0 Å². The minimum absolute atomic E-state index is 0.959. The van der Waals surface area contributed by atoms with Gasteiger partial charge in [0.1, 0.15) is 22.1 Å². The highest BCUT2D eigenvalue weighted by Crippen LogP contribution is 2.25. The SMILES string of the molecule is Cc1ccc(/C=C/c2ccc(C)c3nsnc23)c2nsnc12. The molecule has 0 aliphatic heterocycles. The predicted molar refractivity (Wildman–Crippen MR) is 93.2 cm³/mol. The standard InChI is InChI=1S/C16H12N4S2/c1-9-3-5-11(15-13(9)17-21-19-15)7-8-12-6-4-10(2)14-16(12)20-22-18-14/h3-8H,1-2H3/b8-7+. The largest absolute Gasteiger partial charge is 0.173 e. The van der Waals surface area contributed by atoms with Crippen LogP contribution in [-0.2, 0) is 0 Å². The Morgan fingerprint density at radius 2 is 1.05 bits per heavy atom. The second kappa shape index (κ2) is 5.23. The Kier molecular flexibility index (Phi) is 3.20. The number of benzene rings is 2. The molecule has 0 radical (unpaired) electrons. The van der Waals surface area contributed by atoms with Gasteiger partial charge in [-0.2, -0.15) is 17.5 Å². The van der Waals surface area contributed by atoms with Gasteiger partial charge in [-0.1, -0.05) is 36.4 Å². The highest BCUT2D eigenvalue weighted by molar-refractivity contribution is 7.00. The summed E-state index contributed by atoms with van der Waals surface area (Å²) < 4.78 is 17.5. The highest BCUT2D eigenvalue weighted by atomic mass is 32.1. The van der Waals surface area contributed by atoms with E-state index in [2.05, 4.69) is 67.8 Å². The van der Waals surface area contributed by atoms with Crippen molar-refractivity contribution in [3.05, 3.63) is 46.5 Å². The maximum atomic E-state index is 4.41. The summed E-state index contributed by atoms with van der Waals surface area (Å²) in [6.45, 7) is 4.11. The minimum atomic E-state index is 0.959. The third-order valence-corrected chi connectivity index (χ3v) is 4.80. The fraction of sp³-hybridized carbons (Fsp3) is 0.125. The third kappa shape index (κ3) is 2.12. The smallest absolute Gasteiger partial charge is 0.112 e. The zero-order valence-electron chi connectivity index (χ0n) is 12.1. The van der Waals surface area contributed by atoms with Crippen molar-refractivity contribution in [3.8, 4) is 0 Å². The number of hydrogen-bond acceptors (Lipinski definition) is 6. The van der Waals surface area contributed by atoms with Crippen molar-refractivity contribution in [2.24, 2.45) is 0 Å². The van der Waals surface area contributed by atoms with Crippen molar-refractivity contribution in [3.63, 3.8) is 0 Å². The van der Waals surface area contributed by atoms with E-state index in [4.69, 9.17) is 0 Å². The predicted octanol–water partition coefficient (Wildman–Crippen LogP) is 4.48. The van der Waals surface area contributed by atoms with Gasteiger partial charge in [-0.05, 0) is 25.0 Å². The fourth-order valence-electron chi connectivity index (χ4n) is 2.47. The lowest BCUT2D eigenvalue weighted by Crippen LogP contribution is -1.83. The first kappa shape index (κ1) is 13.5. The van der Waals surface area contributed by atoms with Crippen molar-refractivity contribution in [2.75, 3.05) is 0 Å². The van der Waals surface area contributed by atoms with Crippen molar-refractivity contribution >= 4 is 57.7 Å². The summed E-state index contributed by atoms with van der Waals surface area (Å²) in [6, 6.07) is 8.33. The molecular formula is C16H12N4S2. The minimum Gasteiger partial charge on any atom is -0.173 e. The van der Waals surface area contributed by atoms with E-state index >= 15 is 0 Å². The van der Waals surface area contributed by atoms with Gasteiger partial charge in [0.25, 0.3) is 0 Å². The summed E-state index contributed by atoms with van der Waals surface area (Å²) >= 11 is 2.51. The van der Waals surface area contributed by atoms with Crippen molar-refractivity contribution in [1.29, 1.82) is 0 Å². The molecule has 0 unspecified atom stereocenters. The number of aryl methyl sites for hydroxylation is 2. The van der Waals surface area contributed by atoms with Gasteiger partial charge in [0.15, 0.2) is 0 Å². The molecule has 2 aromatic carbocycles. The molecule has 2 heterocycles. The summed E-state index contributed by atoms with van der Waals surface area (Å²) in [7, 11) is 0. The monoisotopic (exact) mass is 324 g/mol. The molecule has 108 valence electrons. The second-order valence-electron chi connectivity index (χ2n) is 5.20. The van der Waals surface area contributed by atoms with Crippen LogP contribution >= 0.6 is 23.5 Å². The Morgan fingerprint density at radius 1 is 0.636 bits per heavy atom. The third-order valence-electron chi connectivity index (χ3n) is 3.74. The molecule has 4 nitrogen and oxygen atoms in total. The Balaban J connectivity index is 1.83. The quantitative estimate of drug-likeness (QED) is 0.510. The van der Waals surface area contributed by atoms with E-state index in [9.17, 15) is 0 Å². The van der Waals surface area contributed by atoms with Crippen LogP contribution in [0.4, 0.5) is 0 Å². The number of hydrogen-bond donors (Lipinski definition) is 0. The summed E-state index contributed by atoms with van der Waals surface area (Å²) in [4.78, 5) is 0. The molecule has 0 spiro atoms. The van der Waals surface area contributed by atoms with Gasteiger partial charge in [-0.3, -0.25) is 0 Å². The molecule has 0 aliphatic carbocycles. The zero-order valence-corrected chi connectivity index (χ0v) is 13.7. The van der Waals surface area contributed by atoms with E-state index in [1.807, 2.05) is 0 Å². The molecule has 6 heteroatoms. The van der Waals surface area contributed by atoms with Gasteiger partial charge in [0, 0.05) is 11.1 Å². The first-order chi connectivity index (χ1) is 10.7. The van der Waals surface area contributed by atoms with Crippen molar-refractivity contribution in [2.45, 2.75) is 13.8 Å². The number of nitrogens with zero attached hydrogens (tertiary/aromatic N) is 4.